The molecule has 0 heterocycles. The lowest BCUT2D eigenvalue weighted by Gasteiger charge is -2.18. The van der Waals surface area contributed by atoms with Crippen LogP contribution < -0.4 is 5.32 Å². The minimum atomic E-state index is -1.37. The van der Waals surface area contributed by atoms with Crippen LogP contribution in [-0.2, 0) is 14.4 Å². The normalized spacial score (nSPS) is 12.9. The Morgan fingerprint density at radius 1 is 1.24 bits per heavy atom. The third-order valence-electron chi connectivity index (χ3n) is 1.65. The Morgan fingerprint density at radius 2 is 1.76 bits per heavy atom. The predicted molar refractivity (Wildman–Crippen MR) is 64.0 cm³/mol. The van der Waals surface area contributed by atoms with Gasteiger partial charge in [-0.05, 0) is 0 Å². The molecule has 17 heavy (non-hydrogen) atoms. The summed E-state index contributed by atoms with van der Waals surface area (Å²) in [6, 6.07) is -1.37. The molecule has 0 aliphatic rings. The van der Waals surface area contributed by atoms with Gasteiger partial charge in [0.1, 0.15) is 6.04 Å². The Bertz CT molecular complexity index is 310. The third-order valence-corrected chi connectivity index (χ3v) is 2.92. The lowest BCUT2D eigenvalue weighted by atomic mass is 10.2. The first kappa shape index (κ1) is 15.8. The molecular formula is C10H17NO5S. The van der Waals surface area contributed by atoms with Gasteiger partial charge in [-0.1, -0.05) is 20.8 Å². The highest BCUT2D eigenvalue weighted by Gasteiger charge is 2.23. The van der Waals surface area contributed by atoms with Crippen molar-refractivity contribution in [1.82, 2.24) is 5.32 Å². The van der Waals surface area contributed by atoms with Gasteiger partial charge < -0.3 is 15.5 Å². The molecule has 0 aromatic rings. The van der Waals surface area contributed by atoms with Gasteiger partial charge in [-0.25, -0.2) is 4.79 Å². The first-order valence-electron chi connectivity index (χ1n) is 5.00. The molecule has 0 aliphatic carbocycles. The molecule has 0 rings (SSSR count). The van der Waals surface area contributed by atoms with Crippen molar-refractivity contribution in [3.8, 4) is 0 Å². The van der Waals surface area contributed by atoms with Crippen molar-refractivity contribution in [2.24, 2.45) is 0 Å². The van der Waals surface area contributed by atoms with Gasteiger partial charge in [-0.2, -0.15) is 0 Å². The Kier molecular flexibility index (Phi) is 6.01. The Labute approximate surface area is 104 Å². The number of aliphatic carboxylic acids is 2. The average Bonchev–Trinajstić information content (AvgIpc) is 2.11. The number of hydrogen-bond acceptors (Lipinski definition) is 4. The van der Waals surface area contributed by atoms with Crippen molar-refractivity contribution in [2.75, 3.05) is 5.75 Å². The highest BCUT2D eigenvalue weighted by molar-refractivity contribution is 8.01. The molecule has 0 aromatic carbocycles. The number of carboxylic acids is 2. The zero-order valence-electron chi connectivity index (χ0n) is 10.0. The summed E-state index contributed by atoms with van der Waals surface area (Å²) in [5.74, 6) is -2.98. The van der Waals surface area contributed by atoms with Gasteiger partial charge in [0.25, 0.3) is 0 Å². The Morgan fingerprint density at radius 3 is 2.12 bits per heavy atom. The fraction of sp³-hybridized carbons (Fsp3) is 0.700. The smallest absolute Gasteiger partial charge is 0.326 e. The van der Waals surface area contributed by atoms with Crippen LogP contribution in [0.5, 0.6) is 0 Å². The second-order valence-electron chi connectivity index (χ2n) is 4.46. The molecule has 6 nitrogen and oxygen atoms in total. The van der Waals surface area contributed by atoms with Crippen LogP contribution >= 0.6 is 11.8 Å². The van der Waals surface area contributed by atoms with Crippen LogP contribution in [0, 0.1) is 0 Å². The highest BCUT2D eigenvalue weighted by atomic mass is 32.2. The molecule has 0 aromatic heterocycles. The van der Waals surface area contributed by atoms with Crippen molar-refractivity contribution < 1.29 is 24.6 Å². The first-order valence-corrected chi connectivity index (χ1v) is 5.98. The van der Waals surface area contributed by atoms with Gasteiger partial charge in [-0.15, -0.1) is 11.8 Å². The van der Waals surface area contributed by atoms with Crippen molar-refractivity contribution in [2.45, 2.75) is 38.0 Å². The van der Waals surface area contributed by atoms with Crippen molar-refractivity contribution in [1.29, 1.82) is 0 Å². The fourth-order valence-electron chi connectivity index (χ4n) is 0.893. The molecule has 3 N–H and O–H groups in total. The van der Waals surface area contributed by atoms with E-state index in [2.05, 4.69) is 5.32 Å². The van der Waals surface area contributed by atoms with E-state index >= 15 is 0 Å². The molecule has 1 amide bonds. The van der Waals surface area contributed by atoms with E-state index in [1.54, 1.807) is 0 Å². The standard InChI is InChI=1S/C10H17NO5S/c1-10(2,3)17-5-7(12)11-6(9(15)16)4-8(13)14/h6H,4-5H2,1-3H3,(H,11,12)(H,13,14)(H,15,16). The summed E-state index contributed by atoms with van der Waals surface area (Å²) in [5, 5.41) is 19.4. The summed E-state index contributed by atoms with van der Waals surface area (Å²) in [6.45, 7) is 5.78. The van der Waals surface area contributed by atoms with E-state index in [4.69, 9.17) is 10.2 Å². The quantitative estimate of drug-likeness (QED) is 0.647. The first-order chi connectivity index (χ1) is 7.61. The Hall–Kier alpha value is -1.24. The lowest BCUT2D eigenvalue weighted by Crippen LogP contribution is -2.43. The van der Waals surface area contributed by atoms with Crippen LogP contribution in [0.3, 0.4) is 0 Å². The van der Waals surface area contributed by atoms with Gasteiger partial charge in [0.05, 0.1) is 12.2 Å². The molecule has 0 spiro atoms. The van der Waals surface area contributed by atoms with E-state index in [-0.39, 0.29) is 10.5 Å². The average molecular weight is 263 g/mol. The second-order valence-corrected chi connectivity index (χ2v) is 6.26. The number of carbonyl (C=O) groups excluding carboxylic acids is 1. The summed E-state index contributed by atoms with van der Waals surface area (Å²) in [4.78, 5) is 32.5. The molecule has 1 atom stereocenters. The lowest BCUT2D eigenvalue weighted by molar-refractivity contribution is -0.147. The monoisotopic (exact) mass is 263 g/mol. The summed E-state index contributed by atoms with van der Waals surface area (Å²) in [5.41, 5.74) is 0. The maximum atomic E-state index is 11.4. The van der Waals surface area contributed by atoms with E-state index in [1.165, 1.54) is 11.8 Å². The van der Waals surface area contributed by atoms with Crippen LogP contribution in [0.15, 0.2) is 0 Å². The van der Waals surface area contributed by atoms with Gasteiger partial charge in [0.2, 0.25) is 5.91 Å². The number of rotatable bonds is 6. The molecule has 0 saturated heterocycles. The van der Waals surface area contributed by atoms with Crippen LogP contribution in [-0.4, -0.2) is 44.6 Å². The van der Waals surface area contributed by atoms with Crippen molar-refractivity contribution in [3.63, 3.8) is 0 Å². The largest absolute Gasteiger partial charge is 0.481 e. The molecule has 98 valence electrons. The van der Waals surface area contributed by atoms with Crippen LogP contribution in [0.4, 0.5) is 0 Å². The van der Waals surface area contributed by atoms with Crippen molar-refractivity contribution >= 4 is 29.6 Å². The number of carboxylic acid groups (broad SMARTS) is 2. The highest BCUT2D eigenvalue weighted by Crippen LogP contribution is 2.22. The van der Waals surface area contributed by atoms with E-state index < -0.39 is 30.3 Å². The number of amides is 1. The zero-order valence-corrected chi connectivity index (χ0v) is 10.8. The van der Waals surface area contributed by atoms with E-state index in [1.807, 2.05) is 20.8 Å². The van der Waals surface area contributed by atoms with Crippen LogP contribution in [0.2, 0.25) is 0 Å². The summed E-state index contributed by atoms with van der Waals surface area (Å²) < 4.78 is -0.108. The van der Waals surface area contributed by atoms with Gasteiger partial charge in [0.15, 0.2) is 0 Å². The van der Waals surface area contributed by atoms with Crippen LogP contribution in [0.1, 0.15) is 27.2 Å². The number of nitrogens with one attached hydrogen (secondary N) is 1. The predicted octanol–water partition coefficient (Wildman–Crippen LogP) is 0.562. The zero-order chi connectivity index (χ0) is 13.6. The maximum absolute atomic E-state index is 11.4. The summed E-state index contributed by atoms with van der Waals surface area (Å²) >= 11 is 1.36. The van der Waals surface area contributed by atoms with Gasteiger partial charge in [-0.3, -0.25) is 9.59 Å². The maximum Gasteiger partial charge on any atom is 0.326 e. The molecule has 0 radical (unpaired) electrons. The molecular weight excluding hydrogens is 246 g/mol. The SMILES string of the molecule is CC(C)(C)SCC(=O)NC(CC(=O)O)C(=O)O. The molecule has 7 heteroatoms. The van der Waals surface area contributed by atoms with E-state index in [9.17, 15) is 14.4 Å². The molecule has 0 aliphatic heterocycles. The second kappa shape index (κ2) is 6.48. The molecule has 0 bridgehead atoms. The molecule has 0 saturated carbocycles. The minimum absolute atomic E-state index is 0.104. The summed E-state index contributed by atoms with van der Waals surface area (Å²) in [7, 11) is 0. The minimum Gasteiger partial charge on any atom is -0.481 e. The number of hydrogen-bond donors (Lipinski definition) is 3. The van der Waals surface area contributed by atoms with E-state index in [0.717, 1.165) is 0 Å². The topological polar surface area (TPSA) is 104 Å². The van der Waals surface area contributed by atoms with Crippen LogP contribution in [0.25, 0.3) is 0 Å². The molecule has 1 unspecified atom stereocenters. The third kappa shape index (κ3) is 8.56. The summed E-state index contributed by atoms with van der Waals surface area (Å²) in [6.07, 6.45) is -0.624. The van der Waals surface area contributed by atoms with Crippen molar-refractivity contribution in [3.05, 3.63) is 0 Å². The number of thioether (sulfide) groups is 1. The Balaban J connectivity index is 4.22. The van der Waals surface area contributed by atoms with E-state index in [0.29, 0.717) is 0 Å². The number of carbonyl (C=O) groups is 3. The van der Waals surface area contributed by atoms with Gasteiger partial charge >= 0.3 is 11.9 Å². The molecule has 0 fully saturated rings. The van der Waals surface area contributed by atoms with Gasteiger partial charge in [0, 0.05) is 4.75 Å². The fourth-order valence-corrected chi connectivity index (χ4v) is 1.54.